The molecule has 0 aliphatic heterocycles. The van der Waals surface area contributed by atoms with Crippen molar-refractivity contribution in [1.29, 1.82) is 0 Å². The van der Waals surface area contributed by atoms with E-state index in [-0.39, 0.29) is 11.3 Å². The van der Waals surface area contributed by atoms with E-state index in [4.69, 9.17) is 0 Å². The van der Waals surface area contributed by atoms with Crippen LogP contribution in [0.25, 0.3) is 0 Å². The van der Waals surface area contributed by atoms with Crippen molar-refractivity contribution < 1.29 is 4.79 Å². The molecular weight excluding hydrogens is 298 g/mol. The van der Waals surface area contributed by atoms with Crippen molar-refractivity contribution in [2.45, 2.75) is 46.0 Å². The van der Waals surface area contributed by atoms with Crippen LogP contribution in [0.3, 0.4) is 0 Å². The van der Waals surface area contributed by atoms with E-state index >= 15 is 0 Å². The Hall–Kier alpha value is -2.36. The molecule has 2 rings (SSSR count). The zero-order chi connectivity index (χ0) is 17.6. The Morgan fingerprint density at radius 3 is 2.50 bits per heavy atom. The van der Waals surface area contributed by atoms with Gasteiger partial charge in [0.15, 0.2) is 0 Å². The molecule has 0 fully saturated rings. The van der Waals surface area contributed by atoms with E-state index in [1.807, 2.05) is 30.3 Å². The normalized spacial score (nSPS) is 11.2. The third-order valence-corrected chi connectivity index (χ3v) is 3.84. The third kappa shape index (κ3) is 4.82. The molecule has 24 heavy (non-hydrogen) atoms. The minimum Gasteiger partial charge on any atom is -0.384 e. The highest BCUT2D eigenvalue weighted by Crippen LogP contribution is 2.29. The van der Waals surface area contributed by atoms with Gasteiger partial charge in [0.05, 0.1) is 11.9 Å². The molecule has 0 atom stereocenters. The van der Waals surface area contributed by atoms with Crippen LogP contribution in [-0.4, -0.2) is 17.4 Å². The van der Waals surface area contributed by atoms with Crippen LogP contribution in [0.15, 0.2) is 42.6 Å². The van der Waals surface area contributed by atoms with Crippen molar-refractivity contribution in [1.82, 2.24) is 4.98 Å². The molecule has 2 aromatic rings. The average Bonchev–Trinajstić information content (AvgIpc) is 2.55. The van der Waals surface area contributed by atoms with Gasteiger partial charge in [-0.2, -0.15) is 0 Å². The maximum Gasteiger partial charge on any atom is 0.274 e. The zero-order valence-electron chi connectivity index (χ0n) is 15.0. The summed E-state index contributed by atoms with van der Waals surface area (Å²) in [5.74, 6) is -0.188. The molecule has 0 unspecified atom stereocenters. The number of aromatic nitrogens is 1. The summed E-state index contributed by atoms with van der Waals surface area (Å²) < 4.78 is 0. The lowest BCUT2D eigenvalue weighted by molar-refractivity contribution is 0.102. The number of amides is 1. The Balaban J connectivity index is 2.08. The number of unbranched alkanes of at least 4 members (excludes halogenated alkanes) is 1. The van der Waals surface area contributed by atoms with Gasteiger partial charge in [0.2, 0.25) is 0 Å². The van der Waals surface area contributed by atoms with Gasteiger partial charge in [-0.15, -0.1) is 0 Å². The van der Waals surface area contributed by atoms with Crippen LogP contribution in [0.1, 0.15) is 56.6 Å². The first-order valence-corrected chi connectivity index (χ1v) is 8.52. The van der Waals surface area contributed by atoms with Crippen LogP contribution in [-0.2, 0) is 5.41 Å². The quantitative estimate of drug-likeness (QED) is 0.747. The number of pyridine rings is 1. The molecule has 0 aliphatic carbocycles. The second-order valence-electron chi connectivity index (χ2n) is 6.96. The minimum absolute atomic E-state index is 0.0373. The standard InChI is InChI=1S/C20H27N3O/c1-5-6-13-21-15-11-12-18(22-14-15)19(24)23-17-10-8-7-9-16(17)20(2,3)4/h7-12,14,21H,5-6,13H2,1-4H3,(H,23,24). The van der Waals surface area contributed by atoms with Crippen LogP contribution >= 0.6 is 0 Å². The summed E-state index contributed by atoms with van der Waals surface area (Å²) >= 11 is 0. The third-order valence-electron chi connectivity index (χ3n) is 3.84. The molecule has 0 radical (unpaired) electrons. The fraction of sp³-hybridized carbons (Fsp3) is 0.400. The lowest BCUT2D eigenvalue weighted by atomic mass is 9.86. The molecule has 0 saturated carbocycles. The lowest BCUT2D eigenvalue weighted by Crippen LogP contribution is -2.19. The van der Waals surface area contributed by atoms with E-state index in [1.165, 1.54) is 0 Å². The molecule has 0 spiro atoms. The van der Waals surface area contributed by atoms with Gasteiger partial charge >= 0.3 is 0 Å². The maximum absolute atomic E-state index is 12.5. The Bertz CT molecular complexity index is 672. The Kier molecular flexibility index (Phi) is 5.96. The van der Waals surface area contributed by atoms with Crippen LogP contribution < -0.4 is 10.6 Å². The molecule has 1 aromatic heterocycles. The highest BCUT2D eigenvalue weighted by Gasteiger charge is 2.19. The molecule has 0 aliphatic rings. The molecule has 4 heteroatoms. The van der Waals surface area contributed by atoms with Crippen LogP contribution in [0, 0.1) is 0 Å². The smallest absolute Gasteiger partial charge is 0.274 e. The van der Waals surface area contributed by atoms with Gasteiger partial charge in [0, 0.05) is 12.2 Å². The van der Waals surface area contributed by atoms with E-state index in [0.29, 0.717) is 5.69 Å². The van der Waals surface area contributed by atoms with Crippen LogP contribution in [0.2, 0.25) is 0 Å². The Labute approximate surface area is 144 Å². The number of benzene rings is 1. The van der Waals surface area contributed by atoms with Gasteiger partial charge in [-0.05, 0) is 35.6 Å². The summed E-state index contributed by atoms with van der Waals surface area (Å²) in [6.07, 6.45) is 3.97. The Morgan fingerprint density at radius 2 is 1.88 bits per heavy atom. The highest BCUT2D eigenvalue weighted by atomic mass is 16.1. The van der Waals surface area contributed by atoms with Gasteiger partial charge in [-0.3, -0.25) is 4.79 Å². The molecule has 128 valence electrons. The maximum atomic E-state index is 12.5. The number of rotatable bonds is 6. The number of nitrogens with one attached hydrogen (secondary N) is 2. The molecular formula is C20H27N3O. The fourth-order valence-corrected chi connectivity index (χ4v) is 2.47. The molecule has 0 bridgehead atoms. The first-order chi connectivity index (χ1) is 11.4. The summed E-state index contributed by atoms with van der Waals surface area (Å²) in [7, 11) is 0. The first-order valence-electron chi connectivity index (χ1n) is 8.52. The van der Waals surface area contributed by atoms with Gasteiger partial charge in [0.25, 0.3) is 5.91 Å². The van der Waals surface area contributed by atoms with Crippen molar-refractivity contribution >= 4 is 17.3 Å². The van der Waals surface area contributed by atoms with Crippen molar-refractivity contribution in [2.75, 3.05) is 17.2 Å². The summed E-state index contributed by atoms with van der Waals surface area (Å²) in [5.41, 5.74) is 3.26. The largest absolute Gasteiger partial charge is 0.384 e. The number of nitrogens with zero attached hydrogens (tertiary/aromatic N) is 1. The predicted molar refractivity (Wildman–Crippen MR) is 101 cm³/mol. The molecule has 4 nitrogen and oxygen atoms in total. The molecule has 1 amide bonds. The van der Waals surface area contributed by atoms with Gasteiger partial charge in [-0.1, -0.05) is 52.3 Å². The van der Waals surface area contributed by atoms with E-state index in [1.54, 1.807) is 12.3 Å². The van der Waals surface area contributed by atoms with Crippen molar-refractivity contribution in [3.63, 3.8) is 0 Å². The Morgan fingerprint density at radius 1 is 1.12 bits per heavy atom. The van der Waals surface area contributed by atoms with Gasteiger partial charge < -0.3 is 10.6 Å². The summed E-state index contributed by atoms with van der Waals surface area (Å²) in [4.78, 5) is 16.7. The molecule has 2 N–H and O–H groups in total. The fourth-order valence-electron chi connectivity index (χ4n) is 2.47. The number of carbonyl (C=O) groups is 1. The van der Waals surface area contributed by atoms with E-state index < -0.39 is 0 Å². The van der Waals surface area contributed by atoms with Crippen molar-refractivity contribution in [3.05, 3.63) is 53.9 Å². The van der Waals surface area contributed by atoms with Crippen LogP contribution in [0.5, 0.6) is 0 Å². The van der Waals surface area contributed by atoms with Crippen LogP contribution in [0.4, 0.5) is 11.4 Å². The number of para-hydroxylation sites is 1. The zero-order valence-corrected chi connectivity index (χ0v) is 15.0. The minimum atomic E-state index is -0.188. The average molecular weight is 325 g/mol. The van der Waals surface area contributed by atoms with Gasteiger partial charge in [0.1, 0.15) is 5.69 Å². The molecule has 1 heterocycles. The second kappa shape index (κ2) is 7.95. The topological polar surface area (TPSA) is 54.0 Å². The monoisotopic (exact) mass is 325 g/mol. The summed E-state index contributed by atoms with van der Waals surface area (Å²) in [6.45, 7) is 9.47. The van der Waals surface area contributed by atoms with Crippen molar-refractivity contribution in [3.8, 4) is 0 Å². The summed E-state index contributed by atoms with van der Waals surface area (Å²) in [5, 5.41) is 6.28. The van der Waals surface area contributed by atoms with E-state index in [0.717, 1.165) is 36.3 Å². The number of anilines is 2. The molecule has 0 saturated heterocycles. The first kappa shape index (κ1) is 18.0. The number of carbonyl (C=O) groups excluding carboxylic acids is 1. The van der Waals surface area contributed by atoms with E-state index in [2.05, 4.69) is 43.3 Å². The SMILES string of the molecule is CCCCNc1ccc(C(=O)Nc2ccccc2C(C)(C)C)nc1. The predicted octanol–water partition coefficient (Wildman–Crippen LogP) is 4.84. The van der Waals surface area contributed by atoms with Crippen molar-refractivity contribution in [2.24, 2.45) is 0 Å². The van der Waals surface area contributed by atoms with E-state index in [9.17, 15) is 4.79 Å². The number of hydrogen-bond acceptors (Lipinski definition) is 3. The number of hydrogen-bond donors (Lipinski definition) is 2. The second-order valence-corrected chi connectivity index (χ2v) is 6.96. The molecule has 1 aromatic carbocycles. The summed E-state index contributed by atoms with van der Waals surface area (Å²) in [6, 6.07) is 11.5. The highest BCUT2D eigenvalue weighted by molar-refractivity contribution is 6.03. The lowest BCUT2D eigenvalue weighted by Gasteiger charge is -2.22. The van der Waals surface area contributed by atoms with Gasteiger partial charge in [-0.25, -0.2) is 4.98 Å².